The van der Waals surface area contributed by atoms with Gasteiger partial charge in [-0.1, -0.05) is 42.8 Å². The molecule has 1 heterocycles. The standard InChI is InChI=1S/C17H19NO/c19-17(14-8-4-1-5-9-14)16-12-11-13-7-3-2-6-10-15(13)18-16/h1,4-5,8-9,11-12,17,19H,2-3,6-7,10H2. The first kappa shape index (κ1) is 12.4. The van der Waals surface area contributed by atoms with Crippen molar-refractivity contribution in [2.24, 2.45) is 0 Å². The van der Waals surface area contributed by atoms with Crippen molar-refractivity contribution in [3.8, 4) is 0 Å². The van der Waals surface area contributed by atoms with Gasteiger partial charge in [-0.05, 0) is 42.9 Å². The summed E-state index contributed by atoms with van der Waals surface area (Å²) in [5, 5.41) is 10.4. The van der Waals surface area contributed by atoms with Crippen LogP contribution in [0.25, 0.3) is 0 Å². The van der Waals surface area contributed by atoms with E-state index in [0.29, 0.717) is 0 Å². The molecule has 19 heavy (non-hydrogen) atoms. The highest BCUT2D eigenvalue weighted by atomic mass is 16.3. The Hall–Kier alpha value is -1.67. The van der Waals surface area contributed by atoms with E-state index in [2.05, 4.69) is 6.07 Å². The summed E-state index contributed by atoms with van der Waals surface area (Å²) in [5.74, 6) is 0. The number of rotatable bonds is 2. The first-order valence-electron chi connectivity index (χ1n) is 7.06. The molecule has 0 saturated carbocycles. The van der Waals surface area contributed by atoms with Gasteiger partial charge >= 0.3 is 0 Å². The fraction of sp³-hybridized carbons (Fsp3) is 0.353. The minimum atomic E-state index is -0.616. The molecule has 2 aromatic rings. The summed E-state index contributed by atoms with van der Waals surface area (Å²) >= 11 is 0. The Kier molecular flexibility index (Phi) is 3.60. The van der Waals surface area contributed by atoms with Crippen LogP contribution >= 0.6 is 0 Å². The summed E-state index contributed by atoms with van der Waals surface area (Å²) in [6.07, 6.45) is 5.32. The molecule has 3 rings (SSSR count). The summed E-state index contributed by atoms with van der Waals surface area (Å²) in [5.41, 5.74) is 4.22. The first-order valence-corrected chi connectivity index (χ1v) is 7.06. The second-order valence-corrected chi connectivity index (χ2v) is 5.22. The third-order valence-corrected chi connectivity index (χ3v) is 3.85. The monoisotopic (exact) mass is 253 g/mol. The van der Waals surface area contributed by atoms with Crippen molar-refractivity contribution in [3.05, 3.63) is 65.0 Å². The van der Waals surface area contributed by atoms with Crippen LogP contribution < -0.4 is 0 Å². The van der Waals surface area contributed by atoms with Gasteiger partial charge in [0.2, 0.25) is 0 Å². The highest BCUT2D eigenvalue weighted by Gasteiger charge is 2.15. The lowest BCUT2D eigenvalue weighted by molar-refractivity contribution is 0.215. The Morgan fingerprint density at radius 3 is 2.53 bits per heavy atom. The maximum Gasteiger partial charge on any atom is 0.121 e. The van der Waals surface area contributed by atoms with Crippen molar-refractivity contribution in [1.82, 2.24) is 4.98 Å². The fourth-order valence-corrected chi connectivity index (χ4v) is 2.73. The van der Waals surface area contributed by atoms with Crippen LogP contribution in [0.4, 0.5) is 0 Å². The number of hydrogen-bond acceptors (Lipinski definition) is 2. The topological polar surface area (TPSA) is 33.1 Å². The van der Waals surface area contributed by atoms with E-state index in [1.807, 2.05) is 36.4 Å². The van der Waals surface area contributed by atoms with Gasteiger partial charge < -0.3 is 5.11 Å². The zero-order chi connectivity index (χ0) is 13.1. The van der Waals surface area contributed by atoms with Gasteiger partial charge in [0.1, 0.15) is 6.10 Å². The molecule has 1 aliphatic carbocycles. The van der Waals surface area contributed by atoms with E-state index in [0.717, 1.165) is 24.1 Å². The molecule has 1 atom stereocenters. The number of aliphatic hydroxyl groups is 1. The van der Waals surface area contributed by atoms with Crippen LogP contribution in [-0.2, 0) is 12.8 Å². The second kappa shape index (κ2) is 5.54. The van der Waals surface area contributed by atoms with Gasteiger partial charge in [0.25, 0.3) is 0 Å². The molecule has 1 aromatic heterocycles. The maximum atomic E-state index is 10.4. The molecule has 1 aliphatic rings. The van der Waals surface area contributed by atoms with Crippen molar-refractivity contribution in [3.63, 3.8) is 0 Å². The molecule has 0 amide bonds. The molecule has 0 saturated heterocycles. The molecule has 0 radical (unpaired) electrons. The average Bonchev–Trinajstić information content (AvgIpc) is 2.72. The van der Waals surface area contributed by atoms with E-state index in [9.17, 15) is 5.11 Å². The van der Waals surface area contributed by atoms with E-state index in [-0.39, 0.29) is 0 Å². The van der Waals surface area contributed by atoms with Crippen LogP contribution in [0.2, 0.25) is 0 Å². The van der Waals surface area contributed by atoms with Gasteiger partial charge in [0, 0.05) is 5.69 Å². The van der Waals surface area contributed by atoms with Gasteiger partial charge in [0.15, 0.2) is 0 Å². The minimum Gasteiger partial charge on any atom is -0.382 e. The quantitative estimate of drug-likeness (QED) is 0.832. The predicted molar refractivity (Wildman–Crippen MR) is 76.0 cm³/mol. The normalized spacial score (nSPS) is 16.5. The van der Waals surface area contributed by atoms with Crippen molar-refractivity contribution in [1.29, 1.82) is 0 Å². The average molecular weight is 253 g/mol. The smallest absolute Gasteiger partial charge is 0.121 e. The van der Waals surface area contributed by atoms with Gasteiger partial charge in [-0.3, -0.25) is 4.98 Å². The summed E-state index contributed by atoms with van der Waals surface area (Å²) in [7, 11) is 0. The van der Waals surface area contributed by atoms with E-state index >= 15 is 0 Å². The molecule has 0 bridgehead atoms. The Balaban J connectivity index is 1.91. The molecule has 0 fully saturated rings. The van der Waals surface area contributed by atoms with Crippen LogP contribution in [0.3, 0.4) is 0 Å². The van der Waals surface area contributed by atoms with E-state index in [1.54, 1.807) is 0 Å². The number of pyridine rings is 1. The number of aryl methyl sites for hydroxylation is 2. The Morgan fingerprint density at radius 2 is 1.68 bits per heavy atom. The lowest BCUT2D eigenvalue weighted by Crippen LogP contribution is -2.06. The molecular weight excluding hydrogens is 234 g/mol. The Labute approximate surface area is 114 Å². The highest BCUT2D eigenvalue weighted by Crippen LogP contribution is 2.24. The Morgan fingerprint density at radius 1 is 0.895 bits per heavy atom. The number of hydrogen-bond donors (Lipinski definition) is 1. The van der Waals surface area contributed by atoms with E-state index in [1.165, 1.54) is 30.5 Å². The van der Waals surface area contributed by atoms with Gasteiger partial charge in [-0.15, -0.1) is 0 Å². The summed E-state index contributed by atoms with van der Waals surface area (Å²) in [6.45, 7) is 0. The third-order valence-electron chi connectivity index (χ3n) is 3.85. The zero-order valence-corrected chi connectivity index (χ0v) is 11.0. The zero-order valence-electron chi connectivity index (χ0n) is 11.0. The number of benzene rings is 1. The number of fused-ring (bicyclic) bond motifs is 1. The van der Waals surface area contributed by atoms with Crippen LogP contribution in [0.1, 0.15) is 47.9 Å². The van der Waals surface area contributed by atoms with Crippen LogP contribution in [0.5, 0.6) is 0 Å². The largest absolute Gasteiger partial charge is 0.382 e. The molecule has 1 aromatic carbocycles. The van der Waals surface area contributed by atoms with E-state index < -0.39 is 6.10 Å². The lowest BCUT2D eigenvalue weighted by atomic mass is 10.0. The molecule has 2 heteroatoms. The second-order valence-electron chi connectivity index (χ2n) is 5.22. The molecule has 1 unspecified atom stereocenters. The van der Waals surface area contributed by atoms with Crippen LogP contribution in [0.15, 0.2) is 42.5 Å². The predicted octanol–water partition coefficient (Wildman–Crippen LogP) is 3.43. The maximum absolute atomic E-state index is 10.4. The summed E-state index contributed by atoms with van der Waals surface area (Å²) < 4.78 is 0. The highest BCUT2D eigenvalue weighted by molar-refractivity contribution is 5.30. The third kappa shape index (κ3) is 2.69. The number of nitrogens with zero attached hydrogens (tertiary/aromatic N) is 1. The first-order chi connectivity index (χ1) is 9.34. The lowest BCUT2D eigenvalue weighted by Gasteiger charge is -2.13. The molecule has 1 N–H and O–H groups in total. The van der Waals surface area contributed by atoms with Crippen molar-refractivity contribution < 1.29 is 5.11 Å². The molecule has 98 valence electrons. The van der Waals surface area contributed by atoms with Gasteiger partial charge in [-0.2, -0.15) is 0 Å². The molecule has 0 spiro atoms. The van der Waals surface area contributed by atoms with Crippen molar-refractivity contribution in [2.75, 3.05) is 0 Å². The van der Waals surface area contributed by atoms with E-state index in [4.69, 9.17) is 4.98 Å². The van der Waals surface area contributed by atoms with Crippen molar-refractivity contribution in [2.45, 2.75) is 38.2 Å². The summed E-state index contributed by atoms with van der Waals surface area (Å²) in [6, 6.07) is 13.9. The van der Waals surface area contributed by atoms with Crippen LogP contribution in [-0.4, -0.2) is 10.1 Å². The Bertz CT molecular complexity index is 550. The number of aliphatic hydroxyl groups excluding tert-OH is 1. The van der Waals surface area contributed by atoms with Gasteiger partial charge in [0.05, 0.1) is 5.69 Å². The van der Waals surface area contributed by atoms with Gasteiger partial charge in [-0.25, -0.2) is 0 Å². The molecular formula is C17H19NO. The minimum absolute atomic E-state index is 0.616. The fourth-order valence-electron chi connectivity index (χ4n) is 2.73. The SMILES string of the molecule is OC(c1ccccc1)c1ccc2c(n1)CCCCC2. The summed E-state index contributed by atoms with van der Waals surface area (Å²) in [4.78, 5) is 4.70. The van der Waals surface area contributed by atoms with Crippen LogP contribution in [0, 0.1) is 0 Å². The molecule has 0 aliphatic heterocycles. The van der Waals surface area contributed by atoms with Crippen molar-refractivity contribution >= 4 is 0 Å². The number of aromatic nitrogens is 1. The molecule has 2 nitrogen and oxygen atoms in total.